The van der Waals surface area contributed by atoms with Crippen LogP contribution in [0.4, 0.5) is 0 Å². The summed E-state index contributed by atoms with van der Waals surface area (Å²) in [6, 6.07) is 54.8. The van der Waals surface area contributed by atoms with Crippen molar-refractivity contribution in [2.24, 2.45) is 5.92 Å². The van der Waals surface area contributed by atoms with E-state index >= 15 is 0 Å². The second kappa shape index (κ2) is 13.3. The summed E-state index contributed by atoms with van der Waals surface area (Å²) < 4.78 is 0. The molecule has 0 bridgehead atoms. The molecule has 0 saturated heterocycles. The van der Waals surface area contributed by atoms with E-state index < -0.39 is 15.8 Å². The van der Waals surface area contributed by atoms with Crippen molar-refractivity contribution >= 4 is 42.4 Å². The van der Waals surface area contributed by atoms with Gasteiger partial charge in [0.05, 0.1) is 0 Å². The molecule has 6 rings (SSSR count). The van der Waals surface area contributed by atoms with Gasteiger partial charge in [-0.25, -0.2) is 0 Å². The monoisotopic (exact) mass is 571 g/mol. The summed E-state index contributed by atoms with van der Waals surface area (Å²) in [5.41, 5.74) is 2.14. The average molecular weight is 572 g/mol. The summed E-state index contributed by atoms with van der Waals surface area (Å²) in [6.45, 7) is 0. The van der Waals surface area contributed by atoms with E-state index in [-0.39, 0.29) is 0 Å². The highest BCUT2D eigenvalue weighted by Gasteiger charge is 2.42. The molecule has 0 spiro atoms. The Morgan fingerprint density at radius 2 is 0.976 bits per heavy atom. The lowest BCUT2D eigenvalue weighted by molar-refractivity contribution is 0.218. The van der Waals surface area contributed by atoms with Crippen molar-refractivity contribution in [3.05, 3.63) is 151 Å². The van der Waals surface area contributed by atoms with E-state index in [0.29, 0.717) is 17.6 Å². The molecule has 1 aliphatic rings. The zero-order valence-corrected chi connectivity index (χ0v) is 25.8. The molecule has 0 radical (unpaired) electrons. The number of hydrogen-bond donors (Lipinski definition) is 0. The van der Waals surface area contributed by atoms with E-state index in [2.05, 4.69) is 165 Å². The molecular weight excluding hydrogens is 532 g/mol. The number of nitrogens with zero attached hydrogens (tertiary/aromatic N) is 1. The van der Waals surface area contributed by atoms with Gasteiger partial charge >= 0.3 is 0 Å². The summed E-state index contributed by atoms with van der Waals surface area (Å²) in [7, 11) is 3.46. The third-order valence-electron chi connectivity index (χ3n) is 8.42. The first kappa shape index (κ1) is 28.1. The van der Waals surface area contributed by atoms with Crippen LogP contribution < -0.4 is 26.5 Å². The molecule has 5 aromatic rings. The Balaban J connectivity index is 1.47. The van der Waals surface area contributed by atoms with E-state index in [1.165, 1.54) is 51.3 Å². The van der Waals surface area contributed by atoms with Crippen molar-refractivity contribution in [2.45, 2.75) is 31.0 Å². The molecule has 0 N–H and O–H groups in total. The highest BCUT2D eigenvalue weighted by atomic mass is 31.1. The van der Waals surface area contributed by atoms with Crippen LogP contribution in [0.1, 0.15) is 30.9 Å². The normalized spacial score (nSPS) is 17.8. The lowest BCUT2D eigenvalue weighted by Crippen LogP contribution is -2.37. The summed E-state index contributed by atoms with van der Waals surface area (Å²) in [4.78, 5) is 2.52. The third kappa shape index (κ3) is 6.10. The molecule has 0 amide bonds. The van der Waals surface area contributed by atoms with Crippen LogP contribution in [0.5, 0.6) is 0 Å². The van der Waals surface area contributed by atoms with Crippen LogP contribution in [-0.4, -0.2) is 24.7 Å². The Bertz CT molecular complexity index is 1430. The van der Waals surface area contributed by atoms with Crippen LogP contribution >= 0.6 is 15.8 Å². The Kier molecular flexibility index (Phi) is 9.08. The second-order valence-electron chi connectivity index (χ2n) is 11.2. The average Bonchev–Trinajstić information content (AvgIpc) is 3.49. The third-order valence-corrected chi connectivity index (χ3v) is 14.0. The van der Waals surface area contributed by atoms with Gasteiger partial charge in [-0.05, 0) is 86.4 Å². The maximum atomic E-state index is 2.52. The van der Waals surface area contributed by atoms with Gasteiger partial charge in [0.2, 0.25) is 0 Å². The summed E-state index contributed by atoms with van der Waals surface area (Å²) >= 11 is 0. The molecule has 1 nitrogen and oxygen atoms in total. The zero-order chi connectivity index (χ0) is 28.0. The fourth-order valence-corrected chi connectivity index (χ4v) is 12.5. The minimum absolute atomic E-state index is 0.355. The van der Waals surface area contributed by atoms with Gasteiger partial charge in [0.15, 0.2) is 0 Å². The van der Waals surface area contributed by atoms with Crippen molar-refractivity contribution in [3.8, 4) is 0 Å². The highest BCUT2D eigenvalue weighted by molar-refractivity contribution is 7.80. The predicted molar refractivity (Wildman–Crippen MR) is 182 cm³/mol. The summed E-state index contributed by atoms with van der Waals surface area (Å²) in [6.07, 6.45) is 3.86. The van der Waals surface area contributed by atoms with Gasteiger partial charge in [-0.1, -0.05) is 152 Å². The van der Waals surface area contributed by atoms with Gasteiger partial charge in [0.1, 0.15) is 0 Å². The van der Waals surface area contributed by atoms with Gasteiger partial charge in [-0.2, -0.15) is 0 Å². The van der Waals surface area contributed by atoms with Crippen LogP contribution in [-0.2, 0) is 0 Å². The van der Waals surface area contributed by atoms with Crippen molar-refractivity contribution in [1.29, 1.82) is 0 Å². The first-order valence-electron chi connectivity index (χ1n) is 14.8. The van der Waals surface area contributed by atoms with E-state index in [1.54, 1.807) is 0 Å². The fourth-order valence-electron chi connectivity index (χ4n) is 6.78. The molecule has 3 atom stereocenters. The van der Waals surface area contributed by atoms with E-state index in [1.807, 2.05) is 0 Å². The predicted octanol–water partition coefficient (Wildman–Crippen LogP) is 7.35. The molecule has 206 valence electrons. The van der Waals surface area contributed by atoms with E-state index in [0.717, 1.165) is 0 Å². The zero-order valence-electron chi connectivity index (χ0n) is 24.1. The van der Waals surface area contributed by atoms with Crippen LogP contribution in [0, 0.1) is 5.92 Å². The first-order chi connectivity index (χ1) is 20.2. The minimum Gasteiger partial charge on any atom is -0.302 e. The maximum absolute atomic E-state index is 2.52. The van der Waals surface area contributed by atoms with E-state index in [4.69, 9.17) is 0 Å². The van der Waals surface area contributed by atoms with Crippen LogP contribution in [0.3, 0.4) is 0 Å². The Hall–Kier alpha value is -3.08. The van der Waals surface area contributed by atoms with Crippen LogP contribution in [0.25, 0.3) is 0 Å². The van der Waals surface area contributed by atoms with Gasteiger partial charge in [-0.15, -0.1) is 0 Å². The molecule has 0 heterocycles. The molecule has 2 unspecified atom stereocenters. The van der Waals surface area contributed by atoms with Gasteiger partial charge < -0.3 is 4.90 Å². The minimum atomic E-state index is -0.677. The van der Waals surface area contributed by atoms with Gasteiger partial charge in [0, 0.05) is 6.04 Å². The molecule has 3 heteroatoms. The fraction of sp³-hybridized carbons (Fsp3) is 0.211. The Labute approximate surface area is 248 Å². The van der Waals surface area contributed by atoms with Crippen molar-refractivity contribution in [2.75, 3.05) is 14.1 Å². The largest absolute Gasteiger partial charge is 0.302 e. The Morgan fingerprint density at radius 3 is 1.46 bits per heavy atom. The lowest BCUT2D eigenvalue weighted by Gasteiger charge is -2.39. The highest BCUT2D eigenvalue weighted by Crippen LogP contribution is 2.54. The summed E-state index contributed by atoms with van der Waals surface area (Å²) in [5.74, 6) is 0.584. The maximum Gasteiger partial charge on any atom is 0.0383 e. The first-order valence-corrected chi connectivity index (χ1v) is 17.5. The number of benzene rings is 5. The molecule has 5 aromatic carbocycles. The molecular formula is C38H39NP2. The molecule has 1 saturated carbocycles. The lowest BCUT2D eigenvalue weighted by atomic mass is 9.90. The molecule has 1 fully saturated rings. The van der Waals surface area contributed by atoms with Crippen LogP contribution in [0.15, 0.2) is 146 Å². The quantitative estimate of drug-likeness (QED) is 0.167. The molecule has 41 heavy (non-hydrogen) atoms. The van der Waals surface area contributed by atoms with Crippen molar-refractivity contribution < 1.29 is 0 Å². The Morgan fingerprint density at radius 1 is 0.537 bits per heavy atom. The molecule has 0 aliphatic heterocycles. The smallest absolute Gasteiger partial charge is 0.0383 e. The SMILES string of the molecule is CN(C)C(c1ccccc1P(c1ccccc1)c1ccccc1)[C@@H]1CCCC1P(c1ccccc1)c1ccccc1. The second-order valence-corrected chi connectivity index (χ2v) is 15.8. The van der Waals surface area contributed by atoms with Crippen molar-refractivity contribution in [1.82, 2.24) is 4.90 Å². The van der Waals surface area contributed by atoms with Crippen LogP contribution in [0.2, 0.25) is 0 Å². The van der Waals surface area contributed by atoms with Gasteiger partial charge in [0.25, 0.3) is 0 Å². The molecule has 0 aromatic heterocycles. The van der Waals surface area contributed by atoms with E-state index in [9.17, 15) is 0 Å². The van der Waals surface area contributed by atoms with Gasteiger partial charge in [-0.3, -0.25) is 0 Å². The molecule has 1 aliphatic carbocycles. The topological polar surface area (TPSA) is 3.24 Å². The number of hydrogen-bond acceptors (Lipinski definition) is 1. The standard InChI is InChI=1S/C38H39NP2/c1-39(2)38(35-27-17-29-37(35)41(32-22-11-5-12-23-32)33-24-13-6-14-25-33)34-26-15-16-28-36(34)40(30-18-7-3-8-19-30)31-20-9-4-10-21-31/h3-16,18-26,28,35,37-38H,17,27,29H2,1-2H3/t35-,37?,38?/m1/s1. The number of rotatable bonds is 9. The van der Waals surface area contributed by atoms with Crippen molar-refractivity contribution in [3.63, 3.8) is 0 Å². The summed E-state index contributed by atoms with van der Waals surface area (Å²) in [5, 5.41) is 7.34.